The predicted octanol–water partition coefficient (Wildman–Crippen LogP) is 3.59. The van der Waals surface area contributed by atoms with E-state index in [1.165, 1.54) is 12.4 Å². The van der Waals surface area contributed by atoms with Crippen LogP contribution in [0.5, 0.6) is 5.88 Å². The Bertz CT molecular complexity index is 1680. The molecule has 1 aliphatic rings. The smallest absolute Gasteiger partial charge is 0.346 e. The molecule has 42 heavy (non-hydrogen) atoms. The lowest BCUT2D eigenvalue weighted by Crippen LogP contribution is -2.33. The summed E-state index contributed by atoms with van der Waals surface area (Å²) in [6.45, 7) is 1.89. The summed E-state index contributed by atoms with van der Waals surface area (Å²) in [6, 6.07) is 15.0. The third kappa shape index (κ3) is 6.97. The summed E-state index contributed by atoms with van der Waals surface area (Å²) in [5, 5.41) is 18.1. The fourth-order valence-corrected chi connectivity index (χ4v) is 5.49. The van der Waals surface area contributed by atoms with E-state index in [0.29, 0.717) is 35.6 Å². The molecule has 3 heterocycles. The topological polar surface area (TPSA) is 180 Å². The Labute approximate surface area is 245 Å². The molecule has 5 rings (SSSR count). The van der Waals surface area contributed by atoms with E-state index in [4.69, 9.17) is 25.6 Å². The standard InChI is InChI=1S/C29H27N7O5S/c30-15-21(28(38)39)13-20-5-7-22-23(14-20)42-12-10-36(22)9-11-40-24(37)8-6-18-1-3-19(4-2-18)16-41-27-25-26(33-17-32-25)34-29(31)35-27/h1-5,7,13-14,17H,6,8-12,16H2,(H,38,39)(H3,31,32,33,34,35)/b21-13+. The first-order valence-electron chi connectivity index (χ1n) is 13.1. The van der Waals surface area contributed by atoms with Crippen LogP contribution >= 0.6 is 11.8 Å². The van der Waals surface area contributed by atoms with Gasteiger partial charge < -0.3 is 30.2 Å². The highest BCUT2D eigenvalue weighted by molar-refractivity contribution is 7.99. The number of nitrogen functional groups attached to an aromatic ring is 1. The van der Waals surface area contributed by atoms with Gasteiger partial charge in [-0.3, -0.25) is 4.79 Å². The van der Waals surface area contributed by atoms with Crippen molar-refractivity contribution in [2.45, 2.75) is 24.3 Å². The maximum Gasteiger partial charge on any atom is 0.346 e. The largest absolute Gasteiger partial charge is 0.477 e. The van der Waals surface area contributed by atoms with Crippen LogP contribution in [0.1, 0.15) is 23.1 Å². The molecule has 0 fully saturated rings. The average Bonchev–Trinajstić information content (AvgIpc) is 3.46. The van der Waals surface area contributed by atoms with Gasteiger partial charge in [0.1, 0.15) is 30.4 Å². The molecule has 2 aromatic carbocycles. The van der Waals surface area contributed by atoms with Gasteiger partial charge in [-0.15, -0.1) is 11.8 Å². The molecule has 12 nitrogen and oxygen atoms in total. The predicted molar refractivity (Wildman–Crippen MR) is 157 cm³/mol. The third-order valence-electron chi connectivity index (χ3n) is 6.52. The van der Waals surface area contributed by atoms with Crippen LogP contribution in [0.15, 0.2) is 59.3 Å². The van der Waals surface area contributed by atoms with Crippen molar-refractivity contribution >= 4 is 52.6 Å². The lowest BCUT2D eigenvalue weighted by atomic mass is 10.1. The molecule has 0 bridgehead atoms. The number of nitrogens with two attached hydrogens (primary N) is 1. The number of H-pyrrole nitrogens is 1. The minimum atomic E-state index is -1.25. The number of anilines is 2. The lowest BCUT2D eigenvalue weighted by molar-refractivity contribution is -0.143. The van der Waals surface area contributed by atoms with Gasteiger partial charge in [0.2, 0.25) is 11.8 Å². The molecule has 0 spiro atoms. The Balaban J connectivity index is 1.07. The van der Waals surface area contributed by atoms with Gasteiger partial charge in [-0.2, -0.15) is 15.2 Å². The van der Waals surface area contributed by atoms with Crippen molar-refractivity contribution in [1.29, 1.82) is 5.26 Å². The second kappa shape index (κ2) is 13.0. The molecule has 13 heteroatoms. The zero-order chi connectivity index (χ0) is 29.5. The van der Waals surface area contributed by atoms with Crippen molar-refractivity contribution in [2.24, 2.45) is 0 Å². The quantitative estimate of drug-likeness (QED) is 0.132. The number of hydrogen-bond donors (Lipinski definition) is 3. The zero-order valence-electron chi connectivity index (χ0n) is 22.4. The van der Waals surface area contributed by atoms with Crippen molar-refractivity contribution in [3.8, 4) is 11.9 Å². The number of fused-ring (bicyclic) bond motifs is 2. The SMILES string of the molecule is N#C/C(=C\c1ccc2c(c1)SCCN2CCOC(=O)CCc1ccc(COc2nc(N)nc3nc[nH]c23)cc1)C(=O)O. The first-order valence-corrected chi connectivity index (χ1v) is 14.1. The maximum absolute atomic E-state index is 12.4. The molecule has 2 aromatic heterocycles. The summed E-state index contributed by atoms with van der Waals surface area (Å²) in [4.78, 5) is 41.9. The van der Waals surface area contributed by atoms with E-state index >= 15 is 0 Å². The number of aromatic amines is 1. The van der Waals surface area contributed by atoms with Crippen molar-refractivity contribution in [3.63, 3.8) is 0 Å². The van der Waals surface area contributed by atoms with E-state index in [1.807, 2.05) is 36.4 Å². The molecule has 1 aliphatic heterocycles. The fourth-order valence-electron chi connectivity index (χ4n) is 4.39. The van der Waals surface area contributed by atoms with Crippen LogP contribution in [-0.4, -0.2) is 62.4 Å². The molecule has 214 valence electrons. The Morgan fingerprint density at radius 1 is 1.19 bits per heavy atom. The van der Waals surface area contributed by atoms with Crippen molar-refractivity contribution in [1.82, 2.24) is 19.9 Å². The maximum atomic E-state index is 12.4. The molecule has 0 atom stereocenters. The van der Waals surface area contributed by atoms with E-state index < -0.39 is 5.97 Å². The number of nitriles is 1. The van der Waals surface area contributed by atoms with Gasteiger partial charge in [0.25, 0.3) is 0 Å². The first-order chi connectivity index (χ1) is 20.4. The molecule has 0 unspecified atom stereocenters. The highest BCUT2D eigenvalue weighted by atomic mass is 32.2. The van der Waals surface area contributed by atoms with Crippen molar-refractivity contribution < 1.29 is 24.2 Å². The Kier molecular flexibility index (Phi) is 8.84. The van der Waals surface area contributed by atoms with Crippen LogP contribution in [-0.2, 0) is 27.4 Å². The number of nitrogens with one attached hydrogen (secondary N) is 1. The normalized spacial score (nSPS) is 12.9. The number of carboxylic acids is 1. The molecule has 0 amide bonds. The van der Waals surface area contributed by atoms with Crippen LogP contribution in [0.4, 0.5) is 11.6 Å². The summed E-state index contributed by atoms with van der Waals surface area (Å²) < 4.78 is 11.3. The van der Waals surface area contributed by atoms with Gasteiger partial charge in [-0.1, -0.05) is 30.3 Å². The second-order valence-corrected chi connectivity index (χ2v) is 10.5. The number of nitrogens with zero attached hydrogens (tertiary/aromatic N) is 5. The lowest BCUT2D eigenvalue weighted by Gasteiger charge is -2.30. The van der Waals surface area contributed by atoms with Gasteiger partial charge in [-0.25, -0.2) is 9.78 Å². The highest BCUT2D eigenvalue weighted by Crippen LogP contribution is 2.35. The summed E-state index contributed by atoms with van der Waals surface area (Å²) in [5.41, 5.74) is 10.0. The Hall–Kier alpha value is -5.09. The van der Waals surface area contributed by atoms with Gasteiger partial charge >= 0.3 is 11.9 Å². The van der Waals surface area contributed by atoms with Crippen LogP contribution in [0, 0.1) is 11.3 Å². The number of esters is 1. The monoisotopic (exact) mass is 585 g/mol. The molecule has 0 saturated carbocycles. The number of imidazole rings is 1. The number of benzene rings is 2. The number of carboxylic acid groups (broad SMARTS) is 1. The Morgan fingerprint density at radius 3 is 2.79 bits per heavy atom. The summed E-state index contributed by atoms with van der Waals surface area (Å²) in [7, 11) is 0. The molecule has 4 N–H and O–H groups in total. The summed E-state index contributed by atoms with van der Waals surface area (Å²) in [6.07, 6.45) is 3.68. The number of carbonyl (C=O) groups excluding carboxylic acids is 1. The van der Waals surface area contributed by atoms with Crippen LogP contribution in [0.3, 0.4) is 0 Å². The van der Waals surface area contributed by atoms with Crippen LogP contribution in [0.25, 0.3) is 17.2 Å². The number of ether oxygens (including phenoxy) is 2. The van der Waals surface area contributed by atoms with E-state index in [9.17, 15) is 9.59 Å². The molecule has 0 aliphatic carbocycles. The van der Waals surface area contributed by atoms with E-state index in [-0.39, 0.29) is 37.1 Å². The Morgan fingerprint density at radius 2 is 2.00 bits per heavy atom. The summed E-state index contributed by atoms with van der Waals surface area (Å²) >= 11 is 1.67. The number of carbonyl (C=O) groups is 2. The number of aromatic nitrogens is 4. The van der Waals surface area contributed by atoms with E-state index in [2.05, 4.69) is 24.8 Å². The van der Waals surface area contributed by atoms with Crippen molar-refractivity contribution in [3.05, 3.63) is 71.1 Å². The summed E-state index contributed by atoms with van der Waals surface area (Å²) in [5.74, 6) is -0.253. The van der Waals surface area contributed by atoms with E-state index in [1.54, 1.807) is 23.9 Å². The zero-order valence-corrected chi connectivity index (χ0v) is 23.3. The van der Waals surface area contributed by atoms with Crippen molar-refractivity contribution in [2.75, 3.05) is 36.1 Å². The van der Waals surface area contributed by atoms with Gasteiger partial charge in [0.05, 0.1) is 18.6 Å². The molecule has 0 saturated heterocycles. The van der Waals surface area contributed by atoms with Gasteiger partial charge in [0.15, 0.2) is 5.65 Å². The molecular weight excluding hydrogens is 558 g/mol. The fraction of sp³-hybridized carbons (Fsp3) is 0.241. The second-order valence-electron chi connectivity index (χ2n) is 9.35. The average molecular weight is 586 g/mol. The first kappa shape index (κ1) is 28.4. The minimum absolute atomic E-state index is 0.0868. The highest BCUT2D eigenvalue weighted by Gasteiger charge is 2.18. The number of thioether (sulfide) groups is 1. The van der Waals surface area contributed by atoms with Crippen LogP contribution in [0.2, 0.25) is 0 Å². The molecular formula is C29H27N7O5S. The number of rotatable bonds is 11. The minimum Gasteiger partial charge on any atom is -0.477 e. The number of aliphatic carboxylic acids is 1. The van der Waals surface area contributed by atoms with E-state index in [0.717, 1.165) is 34.0 Å². The molecule has 4 aromatic rings. The van der Waals surface area contributed by atoms with Gasteiger partial charge in [0, 0.05) is 23.6 Å². The number of hydrogen-bond acceptors (Lipinski definition) is 11. The van der Waals surface area contributed by atoms with Gasteiger partial charge in [-0.05, 0) is 41.3 Å². The third-order valence-corrected chi connectivity index (χ3v) is 7.54. The van der Waals surface area contributed by atoms with Crippen LogP contribution < -0.4 is 15.4 Å². The number of aryl methyl sites for hydroxylation is 1. The molecule has 0 radical (unpaired) electrons.